The van der Waals surface area contributed by atoms with E-state index < -0.39 is 8.07 Å². The van der Waals surface area contributed by atoms with Gasteiger partial charge in [0.15, 0.2) is 11.6 Å². The quantitative estimate of drug-likeness (QED) is 0.624. The van der Waals surface area contributed by atoms with Crippen LogP contribution >= 0.6 is 15.9 Å². The lowest BCUT2D eigenvalue weighted by molar-refractivity contribution is 0.302. The number of rotatable bonds is 7. The molecular weight excluding hydrogens is 323 g/mol. The molecule has 0 saturated carbocycles. The second-order valence-corrected chi connectivity index (χ2v) is 11.0. The van der Waals surface area contributed by atoms with Crippen LogP contribution in [0.3, 0.4) is 0 Å². The second kappa shape index (κ2) is 7.43. The average molecular weight is 347 g/mol. The van der Waals surface area contributed by atoms with Crippen molar-refractivity contribution in [3.05, 3.63) is 22.4 Å². The molecule has 1 nitrogen and oxygen atoms in total. The van der Waals surface area contributed by atoms with Crippen molar-refractivity contribution in [2.75, 3.05) is 6.61 Å². The monoisotopic (exact) mass is 346 g/mol. The van der Waals surface area contributed by atoms with Crippen LogP contribution in [0.25, 0.3) is 0 Å². The maximum absolute atomic E-state index is 14.8. The summed E-state index contributed by atoms with van der Waals surface area (Å²) in [6.45, 7) is 9.15. The van der Waals surface area contributed by atoms with E-state index in [4.69, 9.17) is 4.74 Å². The van der Waals surface area contributed by atoms with Gasteiger partial charge in [-0.1, -0.05) is 61.8 Å². The fourth-order valence-corrected chi connectivity index (χ4v) is 7.93. The molecule has 108 valence electrons. The SMILES string of the molecule is CCCOc1ccc(Br)c([Si](CC)(CC)CC)c1F. The lowest BCUT2D eigenvalue weighted by Crippen LogP contribution is -2.48. The molecule has 0 radical (unpaired) electrons. The minimum Gasteiger partial charge on any atom is -0.491 e. The molecule has 0 amide bonds. The van der Waals surface area contributed by atoms with Crippen molar-refractivity contribution in [3.8, 4) is 5.75 Å². The summed E-state index contributed by atoms with van der Waals surface area (Å²) in [6, 6.07) is 6.86. The summed E-state index contributed by atoms with van der Waals surface area (Å²) >= 11 is 3.55. The molecule has 1 aromatic carbocycles. The van der Waals surface area contributed by atoms with E-state index in [1.807, 2.05) is 13.0 Å². The van der Waals surface area contributed by atoms with Crippen LogP contribution in [0, 0.1) is 5.82 Å². The first kappa shape index (κ1) is 16.7. The Kier molecular flexibility index (Phi) is 6.53. The summed E-state index contributed by atoms with van der Waals surface area (Å²) in [5.41, 5.74) is 0. The smallest absolute Gasteiger partial charge is 0.165 e. The van der Waals surface area contributed by atoms with Crippen LogP contribution in [0.4, 0.5) is 4.39 Å². The molecule has 0 aliphatic heterocycles. The molecule has 0 fully saturated rings. The van der Waals surface area contributed by atoms with E-state index in [9.17, 15) is 4.39 Å². The molecule has 1 rings (SSSR count). The Morgan fingerprint density at radius 3 is 2.16 bits per heavy atom. The van der Waals surface area contributed by atoms with Gasteiger partial charge in [-0.15, -0.1) is 0 Å². The zero-order valence-corrected chi connectivity index (χ0v) is 14.9. The molecule has 4 heteroatoms. The highest BCUT2D eigenvalue weighted by Gasteiger charge is 2.35. The van der Waals surface area contributed by atoms with Crippen LogP contribution in [-0.2, 0) is 0 Å². The molecule has 0 atom stereocenters. The number of benzene rings is 1. The van der Waals surface area contributed by atoms with E-state index in [0.717, 1.165) is 34.2 Å². The van der Waals surface area contributed by atoms with Crippen molar-refractivity contribution in [3.63, 3.8) is 0 Å². The predicted molar refractivity (Wildman–Crippen MR) is 86.7 cm³/mol. The molecule has 0 aromatic heterocycles. The molecule has 0 N–H and O–H groups in total. The number of halogens is 2. The van der Waals surface area contributed by atoms with E-state index in [2.05, 4.69) is 36.7 Å². The fourth-order valence-electron chi connectivity index (χ4n) is 2.62. The standard InChI is InChI=1S/C15H24BrFOSi/c1-5-11-18-13-10-9-12(16)15(14(13)17)19(6-2,7-3)8-4/h9-10H,5-8,11H2,1-4H3. The van der Waals surface area contributed by atoms with Crippen molar-refractivity contribution in [1.82, 2.24) is 0 Å². The van der Waals surface area contributed by atoms with E-state index in [1.54, 1.807) is 6.07 Å². The van der Waals surface area contributed by atoms with E-state index in [-0.39, 0.29) is 5.82 Å². The normalized spacial score (nSPS) is 11.7. The van der Waals surface area contributed by atoms with Crippen LogP contribution in [0.15, 0.2) is 16.6 Å². The third kappa shape index (κ3) is 3.40. The Hall–Kier alpha value is -0.353. The first-order chi connectivity index (χ1) is 9.06. The van der Waals surface area contributed by atoms with E-state index in [1.165, 1.54) is 0 Å². The molecule has 0 heterocycles. The molecule has 0 aliphatic carbocycles. The first-order valence-corrected chi connectivity index (χ1v) is 10.6. The Bertz CT molecular complexity index is 411. The van der Waals surface area contributed by atoms with Crippen LogP contribution in [0.5, 0.6) is 5.75 Å². The Morgan fingerprint density at radius 2 is 1.68 bits per heavy atom. The lowest BCUT2D eigenvalue weighted by Gasteiger charge is -2.30. The molecule has 0 unspecified atom stereocenters. The third-order valence-corrected chi connectivity index (χ3v) is 10.7. The fraction of sp³-hybridized carbons (Fsp3) is 0.600. The van der Waals surface area contributed by atoms with Crippen molar-refractivity contribution < 1.29 is 9.13 Å². The minimum atomic E-state index is -1.76. The van der Waals surface area contributed by atoms with E-state index >= 15 is 0 Å². The lowest BCUT2D eigenvalue weighted by atomic mass is 10.3. The van der Waals surface area contributed by atoms with E-state index in [0.29, 0.717) is 12.4 Å². The summed E-state index contributed by atoms with van der Waals surface area (Å²) < 4.78 is 21.2. The van der Waals surface area contributed by atoms with Crippen molar-refractivity contribution in [2.45, 2.75) is 52.2 Å². The summed E-state index contributed by atoms with van der Waals surface area (Å²) in [5, 5.41) is 0.911. The predicted octanol–water partition coefficient (Wildman–Crippen LogP) is 5.09. The molecule has 0 aliphatic rings. The Balaban J connectivity index is 3.32. The largest absolute Gasteiger partial charge is 0.491 e. The van der Waals surface area contributed by atoms with Gasteiger partial charge >= 0.3 is 0 Å². The van der Waals surface area contributed by atoms with Gasteiger partial charge in [0.2, 0.25) is 0 Å². The number of ether oxygens (including phenoxy) is 1. The molecule has 0 bridgehead atoms. The molecular formula is C15H24BrFOSi. The van der Waals surface area contributed by atoms with Crippen molar-refractivity contribution in [1.29, 1.82) is 0 Å². The van der Waals surface area contributed by atoms with Gasteiger partial charge in [0, 0.05) is 4.47 Å². The molecule has 0 saturated heterocycles. The number of hydrogen-bond acceptors (Lipinski definition) is 1. The highest BCUT2D eigenvalue weighted by atomic mass is 79.9. The van der Waals surface area contributed by atoms with Gasteiger partial charge in [0.1, 0.15) is 0 Å². The van der Waals surface area contributed by atoms with Gasteiger partial charge in [-0.05, 0) is 23.7 Å². The topological polar surface area (TPSA) is 9.23 Å². The van der Waals surface area contributed by atoms with Crippen LogP contribution in [-0.4, -0.2) is 14.7 Å². The van der Waals surface area contributed by atoms with Gasteiger partial charge < -0.3 is 4.74 Å². The maximum Gasteiger partial charge on any atom is 0.165 e. The highest BCUT2D eigenvalue weighted by molar-refractivity contribution is 9.10. The summed E-state index contributed by atoms with van der Waals surface area (Å²) in [6.07, 6.45) is 0.892. The minimum absolute atomic E-state index is 0.139. The third-order valence-electron chi connectivity index (χ3n) is 4.08. The van der Waals surface area contributed by atoms with Crippen LogP contribution in [0.1, 0.15) is 34.1 Å². The number of hydrogen-bond donors (Lipinski definition) is 0. The Labute approximate surface area is 125 Å². The second-order valence-electron chi connectivity index (χ2n) is 4.92. The first-order valence-electron chi connectivity index (χ1n) is 7.17. The van der Waals surface area contributed by atoms with Crippen LogP contribution < -0.4 is 9.92 Å². The van der Waals surface area contributed by atoms with Gasteiger partial charge in [-0.2, -0.15) is 0 Å². The van der Waals surface area contributed by atoms with Gasteiger partial charge in [-0.3, -0.25) is 0 Å². The Morgan fingerprint density at radius 1 is 1.11 bits per heavy atom. The van der Waals surface area contributed by atoms with Crippen molar-refractivity contribution >= 4 is 29.2 Å². The zero-order chi connectivity index (χ0) is 14.5. The van der Waals surface area contributed by atoms with Crippen molar-refractivity contribution in [2.24, 2.45) is 0 Å². The van der Waals surface area contributed by atoms with Gasteiger partial charge in [-0.25, -0.2) is 4.39 Å². The summed E-state index contributed by atoms with van der Waals surface area (Å²) in [4.78, 5) is 0. The maximum atomic E-state index is 14.8. The zero-order valence-electron chi connectivity index (χ0n) is 12.4. The van der Waals surface area contributed by atoms with Gasteiger partial charge in [0.05, 0.1) is 14.7 Å². The summed E-state index contributed by atoms with van der Waals surface area (Å²) in [5.74, 6) is 0.271. The highest BCUT2D eigenvalue weighted by Crippen LogP contribution is 2.29. The summed E-state index contributed by atoms with van der Waals surface area (Å²) in [7, 11) is -1.76. The van der Waals surface area contributed by atoms with Gasteiger partial charge in [0.25, 0.3) is 0 Å². The molecule has 1 aromatic rings. The molecule has 19 heavy (non-hydrogen) atoms. The van der Waals surface area contributed by atoms with Crippen LogP contribution in [0.2, 0.25) is 18.1 Å². The molecule has 0 spiro atoms. The average Bonchev–Trinajstić information content (AvgIpc) is 2.43.